The Morgan fingerprint density at radius 1 is 1.32 bits per heavy atom. The minimum atomic E-state index is -0.916. The van der Waals surface area contributed by atoms with Crippen LogP contribution in [-0.2, 0) is 9.59 Å². The van der Waals surface area contributed by atoms with Crippen LogP contribution in [0.5, 0.6) is 11.5 Å². The molecule has 8 heteroatoms. The zero-order valence-electron chi connectivity index (χ0n) is 11.4. The molecule has 0 spiro atoms. The monoisotopic (exact) mass is 339 g/mol. The molecule has 0 aromatic heterocycles. The van der Waals surface area contributed by atoms with Gasteiger partial charge in [0.05, 0.1) is 4.91 Å². The number of carboxylic acids is 1. The number of phenols is 2. The van der Waals surface area contributed by atoms with Crippen molar-refractivity contribution in [3.05, 3.63) is 28.7 Å². The van der Waals surface area contributed by atoms with Gasteiger partial charge in [0.15, 0.2) is 11.5 Å². The molecule has 1 aromatic carbocycles. The predicted molar refractivity (Wildman–Crippen MR) is 86.5 cm³/mol. The summed E-state index contributed by atoms with van der Waals surface area (Å²) in [7, 11) is 0. The SMILES string of the molecule is O=C(O)CCCN1C(=O)/C(=C\c2ccc(O)c(O)c2)SC1=S. The van der Waals surface area contributed by atoms with E-state index in [0.29, 0.717) is 21.2 Å². The first-order chi connectivity index (χ1) is 10.4. The molecule has 0 saturated carbocycles. The molecule has 3 N–H and O–H groups in total. The van der Waals surface area contributed by atoms with Crippen LogP contribution in [0, 0.1) is 0 Å². The molecule has 1 heterocycles. The zero-order chi connectivity index (χ0) is 16.3. The van der Waals surface area contributed by atoms with Crippen LogP contribution in [0.4, 0.5) is 0 Å². The van der Waals surface area contributed by atoms with Gasteiger partial charge in [0.1, 0.15) is 4.32 Å². The van der Waals surface area contributed by atoms with Gasteiger partial charge in [-0.15, -0.1) is 0 Å². The number of hydrogen-bond acceptors (Lipinski definition) is 6. The van der Waals surface area contributed by atoms with Crippen molar-refractivity contribution >= 4 is 46.3 Å². The molecule has 0 radical (unpaired) electrons. The van der Waals surface area contributed by atoms with E-state index in [9.17, 15) is 19.8 Å². The van der Waals surface area contributed by atoms with Gasteiger partial charge in [-0.25, -0.2) is 0 Å². The van der Waals surface area contributed by atoms with Gasteiger partial charge >= 0.3 is 5.97 Å². The third-order valence-corrected chi connectivity index (χ3v) is 4.32. The highest BCUT2D eigenvalue weighted by Crippen LogP contribution is 2.34. The predicted octanol–water partition coefficient (Wildman–Crippen LogP) is 2.16. The van der Waals surface area contributed by atoms with E-state index in [1.54, 1.807) is 12.1 Å². The minimum Gasteiger partial charge on any atom is -0.504 e. The standard InChI is InChI=1S/C14H13NO5S2/c16-9-4-3-8(6-10(9)17)7-11-13(20)15(14(21)22-11)5-1-2-12(18)19/h3-4,6-7,16-17H,1-2,5H2,(H,18,19)/b11-7+. The Hall–Kier alpha value is -2.06. The molecule has 22 heavy (non-hydrogen) atoms. The molecule has 0 atom stereocenters. The number of carbonyl (C=O) groups excluding carboxylic acids is 1. The summed E-state index contributed by atoms with van der Waals surface area (Å²) in [5.74, 6) is -1.71. The molecule has 0 unspecified atom stereocenters. The van der Waals surface area contributed by atoms with Crippen molar-refractivity contribution in [1.29, 1.82) is 0 Å². The summed E-state index contributed by atoms with van der Waals surface area (Å²) in [4.78, 5) is 24.5. The smallest absolute Gasteiger partial charge is 0.303 e. The van der Waals surface area contributed by atoms with E-state index in [0.717, 1.165) is 11.8 Å². The van der Waals surface area contributed by atoms with Crippen LogP contribution < -0.4 is 0 Å². The summed E-state index contributed by atoms with van der Waals surface area (Å²) >= 11 is 6.25. The maximum Gasteiger partial charge on any atom is 0.303 e. The van der Waals surface area contributed by atoms with Crippen molar-refractivity contribution in [3.8, 4) is 11.5 Å². The zero-order valence-corrected chi connectivity index (χ0v) is 13.0. The number of phenolic OH excluding ortho intramolecular Hbond substituents is 2. The molecule has 1 aliphatic rings. The number of amides is 1. The number of rotatable bonds is 5. The van der Waals surface area contributed by atoms with Gasteiger partial charge in [-0.3, -0.25) is 14.5 Å². The van der Waals surface area contributed by atoms with E-state index < -0.39 is 5.97 Å². The minimum absolute atomic E-state index is 0.0259. The van der Waals surface area contributed by atoms with E-state index in [4.69, 9.17) is 17.3 Å². The molecule has 1 aromatic rings. The molecular weight excluding hydrogens is 326 g/mol. The molecule has 1 saturated heterocycles. The summed E-state index contributed by atoms with van der Waals surface area (Å²) in [5.41, 5.74) is 0.557. The lowest BCUT2D eigenvalue weighted by molar-refractivity contribution is -0.137. The van der Waals surface area contributed by atoms with Gasteiger partial charge in [-0.1, -0.05) is 30.0 Å². The average Bonchev–Trinajstić information content (AvgIpc) is 2.70. The highest BCUT2D eigenvalue weighted by Gasteiger charge is 2.31. The second-order valence-electron chi connectivity index (χ2n) is 4.58. The van der Waals surface area contributed by atoms with E-state index >= 15 is 0 Å². The van der Waals surface area contributed by atoms with Crippen molar-refractivity contribution in [3.63, 3.8) is 0 Å². The lowest BCUT2D eigenvalue weighted by Gasteiger charge is -2.13. The van der Waals surface area contributed by atoms with Crippen molar-refractivity contribution in [2.75, 3.05) is 6.54 Å². The number of carboxylic acid groups (broad SMARTS) is 1. The van der Waals surface area contributed by atoms with Crippen LogP contribution in [0.2, 0.25) is 0 Å². The van der Waals surface area contributed by atoms with Crippen LogP contribution in [-0.4, -0.2) is 43.0 Å². The third kappa shape index (κ3) is 3.77. The number of aromatic hydroxyl groups is 2. The Morgan fingerprint density at radius 3 is 2.68 bits per heavy atom. The summed E-state index contributed by atoms with van der Waals surface area (Å²) in [5, 5.41) is 27.3. The van der Waals surface area contributed by atoms with Crippen LogP contribution in [0.1, 0.15) is 18.4 Å². The fraction of sp³-hybridized carbons (Fsp3) is 0.214. The van der Waals surface area contributed by atoms with E-state index in [1.165, 1.54) is 17.0 Å². The molecule has 1 amide bonds. The highest BCUT2D eigenvalue weighted by atomic mass is 32.2. The number of nitrogens with zero attached hydrogens (tertiary/aromatic N) is 1. The van der Waals surface area contributed by atoms with Gasteiger partial charge in [0, 0.05) is 13.0 Å². The second-order valence-corrected chi connectivity index (χ2v) is 6.25. The summed E-state index contributed by atoms with van der Waals surface area (Å²) in [6.45, 7) is 0.259. The normalized spacial score (nSPS) is 16.5. The van der Waals surface area contributed by atoms with Gasteiger partial charge in [-0.05, 0) is 30.2 Å². The third-order valence-electron chi connectivity index (χ3n) is 2.94. The first-order valence-corrected chi connectivity index (χ1v) is 7.60. The Labute approximate surface area is 136 Å². The lowest BCUT2D eigenvalue weighted by Crippen LogP contribution is -2.29. The summed E-state index contributed by atoms with van der Waals surface area (Å²) in [6, 6.07) is 4.23. The maximum absolute atomic E-state index is 12.2. The summed E-state index contributed by atoms with van der Waals surface area (Å²) < 4.78 is 0.379. The number of carbonyl (C=O) groups is 2. The summed E-state index contributed by atoms with van der Waals surface area (Å²) in [6.07, 6.45) is 1.87. The first-order valence-electron chi connectivity index (χ1n) is 6.37. The van der Waals surface area contributed by atoms with Crippen molar-refractivity contribution in [2.24, 2.45) is 0 Å². The largest absolute Gasteiger partial charge is 0.504 e. The molecule has 6 nitrogen and oxygen atoms in total. The topological polar surface area (TPSA) is 98.1 Å². The molecule has 1 fully saturated rings. The fourth-order valence-corrected chi connectivity index (χ4v) is 3.17. The maximum atomic E-state index is 12.2. The first kappa shape index (κ1) is 16.3. The van der Waals surface area contributed by atoms with Crippen molar-refractivity contribution < 1.29 is 24.9 Å². The number of aliphatic carboxylic acids is 1. The van der Waals surface area contributed by atoms with Gasteiger partial charge in [-0.2, -0.15) is 0 Å². The van der Waals surface area contributed by atoms with Crippen LogP contribution in [0.3, 0.4) is 0 Å². The van der Waals surface area contributed by atoms with Crippen molar-refractivity contribution in [1.82, 2.24) is 4.90 Å². The molecule has 0 aliphatic carbocycles. The Balaban J connectivity index is 2.11. The quantitative estimate of drug-likeness (QED) is 0.429. The number of benzene rings is 1. The van der Waals surface area contributed by atoms with Crippen molar-refractivity contribution in [2.45, 2.75) is 12.8 Å². The number of thioether (sulfide) groups is 1. The molecule has 0 bridgehead atoms. The number of hydrogen-bond donors (Lipinski definition) is 3. The van der Waals surface area contributed by atoms with Gasteiger partial charge in [0.25, 0.3) is 5.91 Å². The Morgan fingerprint density at radius 2 is 2.05 bits per heavy atom. The van der Waals surface area contributed by atoms with Crippen LogP contribution in [0.25, 0.3) is 6.08 Å². The van der Waals surface area contributed by atoms with Gasteiger partial charge in [0.2, 0.25) is 0 Å². The second kappa shape index (κ2) is 6.80. The Bertz CT molecular complexity index is 671. The Kier molecular flexibility index (Phi) is 5.04. The fourth-order valence-electron chi connectivity index (χ4n) is 1.86. The van der Waals surface area contributed by atoms with Gasteiger partial charge < -0.3 is 15.3 Å². The number of thiocarbonyl (C=S) groups is 1. The molecular formula is C14H13NO5S2. The molecule has 2 rings (SSSR count). The lowest BCUT2D eigenvalue weighted by atomic mass is 10.2. The van der Waals surface area contributed by atoms with E-state index in [1.807, 2.05) is 0 Å². The van der Waals surface area contributed by atoms with E-state index in [2.05, 4.69) is 0 Å². The van der Waals surface area contributed by atoms with E-state index in [-0.39, 0.29) is 30.4 Å². The highest BCUT2D eigenvalue weighted by molar-refractivity contribution is 8.26. The molecule has 1 aliphatic heterocycles. The molecule has 116 valence electrons. The van der Waals surface area contributed by atoms with Crippen LogP contribution >= 0.6 is 24.0 Å². The average molecular weight is 339 g/mol. The van der Waals surface area contributed by atoms with Crippen LogP contribution in [0.15, 0.2) is 23.1 Å².